The minimum absolute atomic E-state index is 0.00102. The SMILES string of the molecule is CC[C@H](C)[C@H](CO)N1C(=O)[C@@H]2[C@@H](C(=O)NC)[C@H]3CC(C)C2(S3)C1C(=O)Nc1ccc2ccccc2c1. The number of amides is 3. The van der Waals surface area contributed by atoms with Crippen LogP contribution in [-0.2, 0) is 14.4 Å². The Morgan fingerprint density at radius 1 is 1.19 bits per heavy atom. The van der Waals surface area contributed by atoms with E-state index in [4.69, 9.17) is 0 Å². The first-order valence-electron chi connectivity index (χ1n) is 12.9. The third-order valence-corrected chi connectivity index (χ3v) is 10.9. The molecule has 5 rings (SSSR count). The summed E-state index contributed by atoms with van der Waals surface area (Å²) in [6, 6.07) is 12.5. The van der Waals surface area contributed by atoms with E-state index >= 15 is 0 Å². The summed E-state index contributed by atoms with van der Waals surface area (Å²) in [5.74, 6) is -1.54. The molecule has 3 fully saturated rings. The Morgan fingerprint density at radius 3 is 2.58 bits per heavy atom. The molecule has 2 aromatic rings. The van der Waals surface area contributed by atoms with Gasteiger partial charge in [0, 0.05) is 18.0 Å². The molecule has 192 valence electrons. The van der Waals surface area contributed by atoms with Crippen LogP contribution in [0.15, 0.2) is 42.5 Å². The van der Waals surface area contributed by atoms with Gasteiger partial charge in [-0.3, -0.25) is 14.4 Å². The van der Waals surface area contributed by atoms with Crippen LogP contribution in [0, 0.1) is 23.7 Å². The highest BCUT2D eigenvalue weighted by atomic mass is 32.2. The second kappa shape index (κ2) is 9.38. The molecule has 3 saturated heterocycles. The van der Waals surface area contributed by atoms with Crippen LogP contribution < -0.4 is 10.6 Å². The number of nitrogens with zero attached hydrogens (tertiary/aromatic N) is 1. The van der Waals surface area contributed by atoms with Gasteiger partial charge in [0.15, 0.2) is 0 Å². The third-order valence-electron chi connectivity index (χ3n) is 8.84. The van der Waals surface area contributed by atoms with Crippen molar-refractivity contribution in [1.82, 2.24) is 10.2 Å². The fourth-order valence-electron chi connectivity index (χ4n) is 6.87. The molecule has 3 aliphatic heterocycles. The van der Waals surface area contributed by atoms with E-state index in [1.54, 1.807) is 23.7 Å². The molecule has 0 aromatic heterocycles. The number of hydrogen-bond acceptors (Lipinski definition) is 5. The van der Waals surface area contributed by atoms with Crippen LogP contribution in [0.3, 0.4) is 0 Å². The van der Waals surface area contributed by atoms with E-state index < -0.39 is 28.7 Å². The lowest BCUT2D eigenvalue weighted by molar-refractivity contribution is -0.143. The zero-order chi connectivity index (χ0) is 25.8. The maximum Gasteiger partial charge on any atom is 0.248 e. The van der Waals surface area contributed by atoms with Crippen molar-refractivity contribution >= 4 is 45.9 Å². The molecule has 2 bridgehead atoms. The van der Waals surface area contributed by atoms with Crippen LogP contribution in [0.1, 0.15) is 33.6 Å². The summed E-state index contributed by atoms with van der Waals surface area (Å²) in [6.45, 7) is 5.90. The number of benzene rings is 2. The van der Waals surface area contributed by atoms with Gasteiger partial charge in [0.1, 0.15) is 6.04 Å². The normalized spacial score (nSPS) is 32.4. The van der Waals surface area contributed by atoms with Crippen molar-refractivity contribution in [2.45, 2.75) is 55.7 Å². The predicted molar refractivity (Wildman–Crippen MR) is 142 cm³/mol. The summed E-state index contributed by atoms with van der Waals surface area (Å²) >= 11 is 1.65. The van der Waals surface area contributed by atoms with Crippen molar-refractivity contribution < 1.29 is 19.5 Å². The van der Waals surface area contributed by atoms with Gasteiger partial charge in [0.25, 0.3) is 0 Å². The number of carbonyl (C=O) groups is 3. The molecule has 8 heteroatoms. The van der Waals surface area contributed by atoms with Crippen LogP contribution in [-0.4, -0.2) is 63.5 Å². The fourth-order valence-corrected chi connectivity index (χ4v) is 9.28. The Morgan fingerprint density at radius 2 is 1.92 bits per heavy atom. The molecule has 7 nitrogen and oxygen atoms in total. The summed E-state index contributed by atoms with van der Waals surface area (Å²) < 4.78 is -0.708. The van der Waals surface area contributed by atoms with Crippen LogP contribution >= 0.6 is 11.8 Å². The monoisotopic (exact) mass is 509 g/mol. The number of rotatable bonds is 7. The lowest BCUT2D eigenvalue weighted by Gasteiger charge is -2.41. The molecule has 8 atom stereocenters. The molecule has 36 heavy (non-hydrogen) atoms. The zero-order valence-corrected chi connectivity index (χ0v) is 22.0. The number of carbonyl (C=O) groups excluding carboxylic acids is 3. The third kappa shape index (κ3) is 3.56. The van der Waals surface area contributed by atoms with Crippen molar-refractivity contribution in [2.24, 2.45) is 23.7 Å². The lowest BCUT2D eigenvalue weighted by Crippen LogP contribution is -2.58. The molecule has 2 aromatic carbocycles. The van der Waals surface area contributed by atoms with E-state index in [1.807, 2.05) is 56.3 Å². The zero-order valence-electron chi connectivity index (χ0n) is 21.2. The van der Waals surface area contributed by atoms with E-state index in [-0.39, 0.29) is 41.4 Å². The lowest BCUT2D eigenvalue weighted by atomic mass is 9.66. The standard InChI is InChI=1S/C28H35N3O4S/c1-5-15(2)20(14-32)31-24(26(34)30-19-11-10-17-8-6-7-9-18(17)13-19)28-16(3)12-21(36-28)22(25(33)29-4)23(28)27(31)35/h6-11,13,15-16,20-24,32H,5,12,14H2,1-4H3,(H,29,33)(H,30,34)/t15-,16?,20-,21+,22-,23-,24?,28?/m0/s1. The van der Waals surface area contributed by atoms with Crippen LogP contribution in [0.5, 0.6) is 0 Å². The Hall–Kier alpha value is -2.58. The molecule has 3 aliphatic rings. The van der Waals surface area contributed by atoms with Crippen molar-refractivity contribution in [3.63, 3.8) is 0 Å². The highest BCUT2D eigenvalue weighted by Gasteiger charge is 2.76. The molecular formula is C28H35N3O4S. The molecule has 3 unspecified atom stereocenters. The first kappa shape index (κ1) is 25.1. The number of hydrogen-bond donors (Lipinski definition) is 3. The summed E-state index contributed by atoms with van der Waals surface area (Å²) in [7, 11) is 1.60. The number of aliphatic hydroxyl groups excluding tert-OH is 1. The van der Waals surface area contributed by atoms with Crippen molar-refractivity contribution in [2.75, 3.05) is 19.0 Å². The van der Waals surface area contributed by atoms with Gasteiger partial charge in [-0.05, 0) is 41.2 Å². The van der Waals surface area contributed by atoms with Gasteiger partial charge in [-0.25, -0.2) is 0 Å². The number of thioether (sulfide) groups is 1. The Bertz CT molecular complexity index is 1200. The largest absolute Gasteiger partial charge is 0.394 e. The van der Waals surface area contributed by atoms with Gasteiger partial charge < -0.3 is 20.6 Å². The Labute approximate surface area is 216 Å². The number of anilines is 1. The van der Waals surface area contributed by atoms with Gasteiger partial charge in [-0.15, -0.1) is 11.8 Å². The van der Waals surface area contributed by atoms with Crippen molar-refractivity contribution in [3.8, 4) is 0 Å². The topological polar surface area (TPSA) is 98.7 Å². The van der Waals surface area contributed by atoms with E-state index in [0.717, 1.165) is 23.6 Å². The average Bonchev–Trinajstić information content (AvgIpc) is 3.47. The van der Waals surface area contributed by atoms with E-state index in [1.165, 1.54) is 0 Å². The number of likely N-dealkylation sites (tertiary alicyclic amines) is 1. The van der Waals surface area contributed by atoms with E-state index in [9.17, 15) is 19.5 Å². The van der Waals surface area contributed by atoms with E-state index in [2.05, 4.69) is 17.6 Å². The van der Waals surface area contributed by atoms with E-state index in [0.29, 0.717) is 5.69 Å². The van der Waals surface area contributed by atoms with Crippen LogP contribution in [0.2, 0.25) is 0 Å². The maximum atomic E-state index is 14.2. The quantitative estimate of drug-likeness (QED) is 0.532. The molecule has 3 amide bonds. The van der Waals surface area contributed by atoms with Crippen LogP contribution in [0.4, 0.5) is 5.69 Å². The smallest absolute Gasteiger partial charge is 0.248 e. The highest BCUT2D eigenvalue weighted by molar-refractivity contribution is 8.02. The van der Waals surface area contributed by atoms with Crippen molar-refractivity contribution in [3.05, 3.63) is 42.5 Å². The van der Waals surface area contributed by atoms with Crippen LogP contribution in [0.25, 0.3) is 10.8 Å². The maximum absolute atomic E-state index is 14.2. The number of fused-ring (bicyclic) bond motifs is 2. The molecule has 0 saturated carbocycles. The Kier molecular flexibility index (Phi) is 6.53. The molecule has 1 spiro atoms. The summed E-state index contributed by atoms with van der Waals surface area (Å²) in [5, 5.41) is 18.4. The summed E-state index contributed by atoms with van der Waals surface area (Å²) in [5.41, 5.74) is 0.670. The van der Waals surface area contributed by atoms with Gasteiger partial charge in [0.05, 0.1) is 29.2 Å². The predicted octanol–water partition coefficient (Wildman–Crippen LogP) is 3.27. The molecule has 0 aliphatic carbocycles. The highest BCUT2D eigenvalue weighted by Crippen LogP contribution is 2.69. The first-order valence-corrected chi connectivity index (χ1v) is 13.8. The molecule has 3 N–H and O–H groups in total. The minimum Gasteiger partial charge on any atom is -0.394 e. The van der Waals surface area contributed by atoms with Gasteiger partial charge in [-0.1, -0.05) is 57.5 Å². The first-order chi connectivity index (χ1) is 17.3. The van der Waals surface area contributed by atoms with Gasteiger partial charge in [-0.2, -0.15) is 0 Å². The summed E-state index contributed by atoms with van der Waals surface area (Å²) in [6.07, 6.45) is 1.54. The fraction of sp³-hybridized carbons (Fsp3) is 0.536. The summed E-state index contributed by atoms with van der Waals surface area (Å²) in [4.78, 5) is 42.9. The van der Waals surface area contributed by atoms with Crippen molar-refractivity contribution in [1.29, 1.82) is 0 Å². The molecular weight excluding hydrogens is 474 g/mol. The molecule has 3 heterocycles. The number of nitrogens with one attached hydrogen (secondary N) is 2. The molecule has 0 radical (unpaired) electrons. The Balaban J connectivity index is 1.58. The van der Waals surface area contributed by atoms with Gasteiger partial charge >= 0.3 is 0 Å². The average molecular weight is 510 g/mol. The number of aliphatic hydroxyl groups is 1. The van der Waals surface area contributed by atoms with Gasteiger partial charge in [0.2, 0.25) is 17.7 Å². The second-order valence-corrected chi connectivity index (χ2v) is 12.1. The second-order valence-electron chi connectivity index (χ2n) is 10.6. The minimum atomic E-state index is -0.771.